The van der Waals surface area contributed by atoms with Crippen LogP contribution < -0.4 is 10.2 Å². The van der Waals surface area contributed by atoms with Gasteiger partial charge in [0.25, 0.3) is 11.8 Å². The van der Waals surface area contributed by atoms with E-state index in [0.29, 0.717) is 0 Å². The van der Waals surface area contributed by atoms with Crippen LogP contribution in [-0.2, 0) is 9.59 Å². The van der Waals surface area contributed by atoms with Crippen LogP contribution in [0.1, 0.15) is 4.88 Å². The van der Waals surface area contributed by atoms with Crippen LogP contribution in [0.4, 0.5) is 10.1 Å². The van der Waals surface area contributed by atoms with Crippen molar-refractivity contribution >= 4 is 52.2 Å². The number of thiophene rings is 1. The summed E-state index contributed by atoms with van der Waals surface area (Å²) in [6, 6.07) is 9.34. The number of nitrogens with one attached hydrogen (secondary N) is 1. The van der Waals surface area contributed by atoms with Gasteiger partial charge < -0.3 is 0 Å². The molecule has 22 heavy (non-hydrogen) atoms. The Morgan fingerprint density at radius 2 is 1.95 bits per heavy atom. The average Bonchev–Trinajstić information content (AvgIpc) is 2.98. The molecule has 1 aliphatic heterocycles. The zero-order chi connectivity index (χ0) is 15.7. The van der Waals surface area contributed by atoms with Crippen LogP contribution in [0.5, 0.6) is 0 Å². The van der Waals surface area contributed by atoms with Crippen LogP contribution in [0.25, 0.3) is 6.08 Å². The highest BCUT2D eigenvalue weighted by atomic mass is 32.1. The van der Waals surface area contributed by atoms with E-state index in [-0.39, 0.29) is 16.4 Å². The third kappa shape index (κ3) is 2.56. The molecule has 2 aromatic rings. The molecule has 0 saturated carbocycles. The number of carbonyl (C=O) groups excluding carboxylic acids is 2. The average molecular weight is 332 g/mol. The van der Waals surface area contributed by atoms with Gasteiger partial charge in [-0.2, -0.15) is 0 Å². The molecule has 4 nitrogen and oxygen atoms in total. The van der Waals surface area contributed by atoms with E-state index in [4.69, 9.17) is 12.2 Å². The molecule has 110 valence electrons. The topological polar surface area (TPSA) is 49.4 Å². The maximum atomic E-state index is 13.9. The monoisotopic (exact) mass is 332 g/mol. The summed E-state index contributed by atoms with van der Waals surface area (Å²) >= 11 is 6.39. The number of nitrogens with zero attached hydrogens (tertiary/aromatic N) is 1. The van der Waals surface area contributed by atoms with Gasteiger partial charge >= 0.3 is 0 Å². The Hall–Kier alpha value is -2.38. The Morgan fingerprint density at radius 3 is 2.64 bits per heavy atom. The van der Waals surface area contributed by atoms with E-state index in [0.717, 1.165) is 9.78 Å². The van der Waals surface area contributed by atoms with Gasteiger partial charge in [-0.05, 0) is 41.9 Å². The van der Waals surface area contributed by atoms with Crippen LogP contribution in [0.3, 0.4) is 0 Å². The summed E-state index contributed by atoms with van der Waals surface area (Å²) in [4.78, 5) is 26.3. The minimum Gasteiger partial charge on any atom is -0.298 e. The van der Waals surface area contributed by atoms with E-state index in [9.17, 15) is 14.0 Å². The lowest BCUT2D eigenvalue weighted by Gasteiger charge is -2.29. The van der Waals surface area contributed by atoms with Gasteiger partial charge in [0.15, 0.2) is 5.11 Å². The summed E-state index contributed by atoms with van der Waals surface area (Å²) in [5.74, 6) is -1.83. The van der Waals surface area contributed by atoms with Gasteiger partial charge in [-0.3, -0.25) is 14.9 Å². The number of rotatable bonds is 2. The van der Waals surface area contributed by atoms with Crippen molar-refractivity contribution in [1.29, 1.82) is 0 Å². The van der Waals surface area contributed by atoms with Gasteiger partial charge in [0.05, 0.1) is 5.69 Å². The highest BCUT2D eigenvalue weighted by Gasteiger charge is 2.35. The van der Waals surface area contributed by atoms with Gasteiger partial charge in [0.1, 0.15) is 11.4 Å². The van der Waals surface area contributed by atoms with Gasteiger partial charge in [-0.1, -0.05) is 18.2 Å². The van der Waals surface area contributed by atoms with Crippen LogP contribution in [0, 0.1) is 5.82 Å². The van der Waals surface area contributed by atoms with E-state index in [1.54, 1.807) is 12.1 Å². The fourth-order valence-corrected chi connectivity index (χ4v) is 2.96. The van der Waals surface area contributed by atoms with Crippen molar-refractivity contribution in [2.24, 2.45) is 0 Å². The molecule has 3 rings (SSSR count). The van der Waals surface area contributed by atoms with Crippen molar-refractivity contribution in [3.63, 3.8) is 0 Å². The standard InChI is InChI=1S/C15H9FN2O2S2/c16-11-5-1-2-6-12(11)18-14(20)10(13(19)17-15(18)21)8-9-4-3-7-22-9/h1-8H,(H,17,19,21)/b10-8-. The zero-order valence-corrected chi connectivity index (χ0v) is 12.7. The smallest absolute Gasteiger partial charge is 0.270 e. The molecule has 2 amide bonds. The predicted octanol–water partition coefficient (Wildman–Crippen LogP) is 2.72. The highest BCUT2D eigenvalue weighted by molar-refractivity contribution is 7.80. The number of hydrogen-bond donors (Lipinski definition) is 1. The van der Waals surface area contributed by atoms with E-state index in [2.05, 4.69) is 5.32 Å². The largest absolute Gasteiger partial charge is 0.298 e. The first kappa shape index (κ1) is 14.6. The van der Waals surface area contributed by atoms with Crippen LogP contribution in [0.15, 0.2) is 47.4 Å². The number of thiocarbonyl (C=S) groups is 1. The van der Waals surface area contributed by atoms with Gasteiger partial charge in [0.2, 0.25) is 0 Å². The van der Waals surface area contributed by atoms with E-state index in [1.165, 1.54) is 35.6 Å². The Kier molecular flexibility index (Phi) is 3.82. The Balaban J connectivity index is 2.05. The van der Waals surface area contributed by atoms with Crippen LogP contribution >= 0.6 is 23.6 Å². The molecule has 1 aromatic carbocycles. The number of halogens is 1. The Bertz CT molecular complexity index is 800. The first-order valence-electron chi connectivity index (χ1n) is 6.27. The van der Waals surface area contributed by atoms with Crippen LogP contribution in [-0.4, -0.2) is 16.9 Å². The summed E-state index contributed by atoms with van der Waals surface area (Å²) in [5, 5.41) is 4.11. The van der Waals surface area contributed by atoms with Gasteiger partial charge in [0, 0.05) is 4.88 Å². The second-order valence-electron chi connectivity index (χ2n) is 4.42. The van der Waals surface area contributed by atoms with E-state index in [1.807, 2.05) is 11.4 Å². The maximum absolute atomic E-state index is 13.9. The summed E-state index contributed by atoms with van der Waals surface area (Å²) in [6.07, 6.45) is 1.47. The third-order valence-electron chi connectivity index (χ3n) is 3.02. The van der Waals surface area contributed by atoms with E-state index < -0.39 is 17.6 Å². The molecule has 1 N–H and O–H groups in total. The fourth-order valence-electron chi connectivity index (χ4n) is 2.02. The molecule has 0 unspecified atom stereocenters. The summed E-state index contributed by atoms with van der Waals surface area (Å²) < 4.78 is 13.9. The van der Waals surface area contributed by atoms with Crippen molar-refractivity contribution in [3.8, 4) is 0 Å². The lowest BCUT2D eigenvalue weighted by molar-refractivity contribution is -0.122. The number of benzene rings is 1. The van der Waals surface area contributed by atoms with Crippen molar-refractivity contribution in [2.75, 3.05) is 4.90 Å². The predicted molar refractivity (Wildman–Crippen MR) is 86.9 cm³/mol. The molecule has 0 spiro atoms. The fraction of sp³-hybridized carbons (Fsp3) is 0. The first-order valence-corrected chi connectivity index (χ1v) is 7.56. The maximum Gasteiger partial charge on any atom is 0.270 e. The first-order chi connectivity index (χ1) is 10.6. The Labute approximate surface area is 134 Å². The quantitative estimate of drug-likeness (QED) is 0.523. The zero-order valence-electron chi connectivity index (χ0n) is 11.1. The molecular formula is C15H9FN2O2S2. The molecule has 1 aliphatic rings. The molecule has 1 aromatic heterocycles. The number of para-hydroxylation sites is 1. The molecule has 7 heteroatoms. The second-order valence-corrected chi connectivity index (χ2v) is 5.79. The Morgan fingerprint density at radius 1 is 1.18 bits per heavy atom. The van der Waals surface area contributed by atoms with Gasteiger partial charge in [-0.15, -0.1) is 11.3 Å². The molecular weight excluding hydrogens is 323 g/mol. The van der Waals surface area contributed by atoms with Gasteiger partial charge in [-0.25, -0.2) is 9.29 Å². The summed E-state index contributed by atoms with van der Waals surface area (Å²) in [5.41, 5.74) is -0.0751. The van der Waals surface area contributed by atoms with Crippen molar-refractivity contribution in [1.82, 2.24) is 5.32 Å². The SMILES string of the molecule is O=C1NC(=S)N(c2ccccc2F)C(=O)/C1=C\c1cccs1. The van der Waals surface area contributed by atoms with E-state index >= 15 is 0 Å². The molecule has 1 saturated heterocycles. The molecule has 0 bridgehead atoms. The summed E-state index contributed by atoms with van der Waals surface area (Å²) in [6.45, 7) is 0. The number of hydrogen-bond acceptors (Lipinski definition) is 4. The van der Waals surface area contributed by atoms with Crippen LogP contribution in [0.2, 0.25) is 0 Å². The number of anilines is 1. The molecule has 1 fully saturated rings. The number of carbonyl (C=O) groups is 2. The minimum absolute atomic E-state index is 0.00887. The number of amides is 2. The lowest BCUT2D eigenvalue weighted by atomic mass is 10.1. The third-order valence-corrected chi connectivity index (χ3v) is 4.13. The normalized spacial score (nSPS) is 17.0. The molecule has 0 aliphatic carbocycles. The van der Waals surface area contributed by atoms with Crippen molar-refractivity contribution in [2.45, 2.75) is 0 Å². The lowest BCUT2D eigenvalue weighted by Crippen LogP contribution is -2.54. The molecule has 2 heterocycles. The summed E-state index contributed by atoms with van der Waals surface area (Å²) in [7, 11) is 0. The van der Waals surface area contributed by atoms with Crippen molar-refractivity contribution < 1.29 is 14.0 Å². The molecule has 0 atom stereocenters. The minimum atomic E-state index is -0.646. The van der Waals surface area contributed by atoms with Crippen molar-refractivity contribution in [3.05, 3.63) is 58.0 Å². The second kappa shape index (κ2) is 5.78. The highest BCUT2D eigenvalue weighted by Crippen LogP contribution is 2.25. The molecule has 0 radical (unpaired) electrons.